The lowest BCUT2D eigenvalue weighted by atomic mass is 9.96. The molecule has 1 heterocycles. The van der Waals surface area contributed by atoms with E-state index in [1.165, 1.54) is 0 Å². The van der Waals surface area contributed by atoms with Gasteiger partial charge in [0.2, 0.25) is 0 Å². The third kappa shape index (κ3) is 1.03. The highest BCUT2D eigenvalue weighted by atomic mass is 14.9. The molecule has 0 fully saturated rings. The summed E-state index contributed by atoms with van der Waals surface area (Å²) in [6.07, 6.45) is 1.88. The van der Waals surface area contributed by atoms with Crippen molar-refractivity contribution in [1.29, 1.82) is 0 Å². The van der Waals surface area contributed by atoms with Gasteiger partial charge in [-0.3, -0.25) is 0 Å². The molecule has 1 heteroatoms. The second kappa shape index (κ2) is 1.51. The average molecular weight is 114 g/mol. The maximum Gasteiger partial charge on any atom is 0.0295 e. The monoisotopic (exact) mass is 114 g/mol. The molecule has 0 radical (unpaired) electrons. The second-order valence-electron chi connectivity index (χ2n) is 2.39. The van der Waals surface area contributed by atoms with Crippen molar-refractivity contribution in [1.82, 2.24) is 5.32 Å². The van der Waals surface area contributed by atoms with Crippen LogP contribution in [0.3, 0.4) is 0 Å². The van der Waals surface area contributed by atoms with Gasteiger partial charge in [0.05, 0.1) is 0 Å². The maximum absolute atomic E-state index is 7.25. The molecule has 1 nitrogen and oxygen atoms in total. The first-order chi connectivity index (χ1) is 5.26. The summed E-state index contributed by atoms with van der Waals surface area (Å²) in [6.45, 7) is 1.38. The molecule has 0 aromatic rings. The molecule has 1 rings (SSSR count). The third-order valence-corrected chi connectivity index (χ3v) is 1.15. The van der Waals surface area contributed by atoms with E-state index in [4.69, 9.17) is 4.11 Å². The zero-order valence-electron chi connectivity index (χ0n) is 7.91. The van der Waals surface area contributed by atoms with Gasteiger partial charge in [-0.25, -0.2) is 0 Å². The van der Waals surface area contributed by atoms with Crippen LogP contribution in [0.1, 0.15) is 24.8 Å². The lowest BCUT2D eigenvalue weighted by molar-refractivity contribution is 0.496. The molecule has 0 spiro atoms. The molecule has 1 aliphatic rings. The van der Waals surface area contributed by atoms with Crippen LogP contribution in [0.15, 0.2) is 11.8 Å². The molecule has 0 saturated heterocycles. The van der Waals surface area contributed by atoms with Crippen LogP contribution in [0.5, 0.6) is 0 Å². The van der Waals surface area contributed by atoms with Crippen molar-refractivity contribution in [3.8, 4) is 0 Å². The molecule has 1 N–H and O–H groups in total. The van der Waals surface area contributed by atoms with Crippen LogP contribution in [-0.4, -0.2) is 6.54 Å². The Hall–Kier alpha value is -0.460. The molecule has 0 amide bonds. The maximum atomic E-state index is 7.25. The first kappa shape index (κ1) is 2.90. The highest BCUT2D eigenvalue weighted by molar-refractivity contribution is 5.11. The Kier molecular flexibility index (Phi) is 0.547. The SMILES string of the molecule is [2H]CC1=CC(C[2H])(C[2H])CN1. The summed E-state index contributed by atoms with van der Waals surface area (Å²) in [6, 6.07) is 0. The molecule has 1 aliphatic heterocycles. The van der Waals surface area contributed by atoms with Crippen molar-refractivity contribution in [2.24, 2.45) is 5.41 Å². The van der Waals surface area contributed by atoms with Crippen LogP contribution < -0.4 is 5.32 Å². The Bertz CT molecular complexity index is 163. The van der Waals surface area contributed by atoms with Gasteiger partial charge in [-0.1, -0.05) is 19.9 Å². The summed E-state index contributed by atoms with van der Waals surface area (Å²) in [5, 5.41) is 3.03. The van der Waals surface area contributed by atoms with E-state index >= 15 is 0 Å². The molecular formula is C7H13N. The largest absolute Gasteiger partial charge is 0.388 e. The predicted molar refractivity (Wildman–Crippen MR) is 35.5 cm³/mol. The van der Waals surface area contributed by atoms with Crippen molar-refractivity contribution in [2.45, 2.75) is 20.7 Å². The first-order valence-corrected chi connectivity index (χ1v) is 2.60. The number of hydrogen-bond donors (Lipinski definition) is 1. The summed E-state index contributed by atoms with van der Waals surface area (Å²) in [5.74, 6) is 0. The van der Waals surface area contributed by atoms with Crippen LogP contribution in [0.2, 0.25) is 0 Å². The Morgan fingerprint density at radius 2 is 2.75 bits per heavy atom. The van der Waals surface area contributed by atoms with Gasteiger partial charge in [0.25, 0.3) is 0 Å². The Morgan fingerprint density at radius 1 is 1.88 bits per heavy atom. The molecule has 0 aliphatic carbocycles. The van der Waals surface area contributed by atoms with E-state index < -0.39 is 0 Å². The zero-order valence-corrected chi connectivity index (χ0v) is 4.91. The van der Waals surface area contributed by atoms with E-state index in [1.807, 2.05) is 6.08 Å². The number of hydrogen-bond acceptors (Lipinski definition) is 1. The van der Waals surface area contributed by atoms with E-state index in [0.29, 0.717) is 6.54 Å². The Labute approximate surface area is 55.0 Å². The number of allylic oxidation sites excluding steroid dienone is 1. The number of nitrogens with one attached hydrogen (secondary N) is 1. The molecule has 8 heavy (non-hydrogen) atoms. The molecule has 0 unspecified atom stereocenters. The van der Waals surface area contributed by atoms with Gasteiger partial charge in [-0.05, 0) is 6.90 Å². The molecule has 46 valence electrons. The van der Waals surface area contributed by atoms with Crippen molar-refractivity contribution in [3.63, 3.8) is 0 Å². The minimum absolute atomic E-state index is 0.238. The summed E-state index contributed by atoms with van der Waals surface area (Å²) in [4.78, 5) is 0. The van der Waals surface area contributed by atoms with Crippen molar-refractivity contribution < 1.29 is 4.11 Å². The van der Waals surface area contributed by atoms with Gasteiger partial charge in [0.1, 0.15) is 0 Å². The molecule has 0 atom stereocenters. The van der Waals surface area contributed by atoms with Crippen molar-refractivity contribution >= 4 is 0 Å². The van der Waals surface area contributed by atoms with Gasteiger partial charge in [-0.2, -0.15) is 0 Å². The molecule has 0 aromatic heterocycles. The van der Waals surface area contributed by atoms with E-state index in [1.54, 1.807) is 0 Å². The van der Waals surface area contributed by atoms with Gasteiger partial charge in [-0.15, -0.1) is 0 Å². The first-order valence-electron chi connectivity index (χ1n) is 4.72. The van der Waals surface area contributed by atoms with Crippen LogP contribution in [0.4, 0.5) is 0 Å². The van der Waals surface area contributed by atoms with Crippen LogP contribution in [-0.2, 0) is 0 Å². The van der Waals surface area contributed by atoms with Crippen LogP contribution >= 0.6 is 0 Å². The van der Waals surface area contributed by atoms with Crippen molar-refractivity contribution in [3.05, 3.63) is 11.8 Å². The smallest absolute Gasteiger partial charge is 0.0295 e. The van der Waals surface area contributed by atoms with E-state index in [-0.39, 0.29) is 26.1 Å². The fourth-order valence-corrected chi connectivity index (χ4v) is 0.761. The Balaban J connectivity index is 2.67. The fourth-order valence-electron chi connectivity index (χ4n) is 0.761. The third-order valence-electron chi connectivity index (χ3n) is 1.15. The summed E-state index contributed by atoms with van der Waals surface area (Å²) in [5.41, 5.74) is 0.556. The van der Waals surface area contributed by atoms with E-state index in [9.17, 15) is 0 Å². The number of rotatable bonds is 0. The van der Waals surface area contributed by atoms with Crippen LogP contribution in [0.25, 0.3) is 0 Å². The van der Waals surface area contributed by atoms with Gasteiger partial charge in [0.15, 0.2) is 0 Å². The molecule has 0 saturated carbocycles. The van der Waals surface area contributed by atoms with Crippen molar-refractivity contribution in [2.75, 3.05) is 6.54 Å². The standard InChI is InChI=1S/C7H13N/c1-6-4-7(2,3)5-8-6/h4,8H,5H2,1-3H3/i1D,2D,3D. The van der Waals surface area contributed by atoms with Gasteiger partial charge < -0.3 is 5.32 Å². The quantitative estimate of drug-likeness (QED) is 0.503. The van der Waals surface area contributed by atoms with Gasteiger partial charge in [0, 0.05) is 21.8 Å². The topological polar surface area (TPSA) is 12.0 Å². The fraction of sp³-hybridized carbons (Fsp3) is 0.714. The minimum atomic E-state index is -0.309. The lowest BCUT2D eigenvalue weighted by Crippen LogP contribution is -2.17. The Morgan fingerprint density at radius 3 is 3.12 bits per heavy atom. The predicted octanol–water partition coefficient (Wildman–Crippen LogP) is 1.52. The molecule has 0 bridgehead atoms. The lowest BCUT2D eigenvalue weighted by Gasteiger charge is -2.11. The zero-order chi connectivity index (χ0) is 8.32. The molecular weight excluding hydrogens is 98.1 g/mol. The molecule has 0 aromatic carbocycles. The highest BCUT2D eigenvalue weighted by Gasteiger charge is 2.19. The summed E-state index contributed by atoms with van der Waals surface area (Å²) >= 11 is 0. The highest BCUT2D eigenvalue weighted by Crippen LogP contribution is 2.22. The van der Waals surface area contributed by atoms with E-state index in [2.05, 4.69) is 5.32 Å². The van der Waals surface area contributed by atoms with Gasteiger partial charge >= 0.3 is 0 Å². The van der Waals surface area contributed by atoms with Crippen LogP contribution in [0, 0.1) is 5.41 Å². The average Bonchev–Trinajstić information content (AvgIpc) is 2.49. The summed E-state index contributed by atoms with van der Waals surface area (Å²) < 4.78 is 21.6. The summed E-state index contributed by atoms with van der Waals surface area (Å²) in [7, 11) is 0. The van der Waals surface area contributed by atoms with E-state index in [0.717, 1.165) is 5.70 Å². The normalized spacial score (nSPS) is 29.5. The minimum Gasteiger partial charge on any atom is -0.388 e. The second-order valence-corrected chi connectivity index (χ2v) is 2.39.